The van der Waals surface area contributed by atoms with Crippen molar-refractivity contribution in [3.05, 3.63) is 27.7 Å². The molecule has 0 saturated carbocycles. The monoisotopic (exact) mass is 401 g/mol. The van der Waals surface area contributed by atoms with Gasteiger partial charge in [-0.1, -0.05) is 32.4 Å². The smallest absolute Gasteiger partial charge is 0.316 e. The van der Waals surface area contributed by atoms with Gasteiger partial charge in [-0.05, 0) is 47.0 Å². The fraction of sp³-hybridized carbons (Fsp3) is 0.529. The fourth-order valence-electron chi connectivity index (χ4n) is 2.58. The van der Waals surface area contributed by atoms with Crippen molar-refractivity contribution in [3.8, 4) is 5.75 Å². The largest absolute Gasteiger partial charge is 0.425 e. The molecule has 1 aliphatic rings. The van der Waals surface area contributed by atoms with Crippen molar-refractivity contribution < 1.29 is 14.3 Å². The second-order valence-electron chi connectivity index (χ2n) is 6.84. The van der Waals surface area contributed by atoms with Crippen LogP contribution in [-0.4, -0.2) is 29.9 Å². The van der Waals surface area contributed by atoms with Crippen molar-refractivity contribution in [1.29, 1.82) is 0 Å². The van der Waals surface area contributed by atoms with E-state index in [9.17, 15) is 9.59 Å². The van der Waals surface area contributed by atoms with E-state index in [0.717, 1.165) is 12.8 Å². The van der Waals surface area contributed by atoms with Crippen LogP contribution in [0.5, 0.6) is 5.75 Å². The third-order valence-corrected chi connectivity index (χ3v) is 4.64. The SMILES string of the molecule is CC(C)(C)C(=O)N1CCCC(C(=O)Oc2ccc(Cl)cc2Br)C1. The van der Waals surface area contributed by atoms with Crippen molar-refractivity contribution in [2.45, 2.75) is 33.6 Å². The van der Waals surface area contributed by atoms with Gasteiger partial charge in [0.05, 0.1) is 10.4 Å². The lowest BCUT2D eigenvalue weighted by molar-refractivity contribution is -0.146. The van der Waals surface area contributed by atoms with Crippen LogP contribution < -0.4 is 4.74 Å². The Morgan fingerprint density at radius 2 is 2.04 bits per heavy atom. The number of likely N-dealkylation sites (tertiary alicyclic amines) is 1. The highest BCUT2D eigenvalue weighted by Gasteiger charge is 2.34. The fourth-order valence-corrected chi connectivity index (χ4v) is 3.34. The summed E-state index contributed by atoms with van der Waals surface area (Å²) in [6.45, 7) is 6.79. The Morgan fingerprint density at radius 1 is 1.35 bits per heavy atom. The van der Waals surface area contributed by atoms with E-state index in [1.807, 2.05) is 20.8 Å². The first-order valence-electron chi connectivity index (χ1n) is 7.64. The summed E-state index contributed by atoms with van der Waals surface area (Å²) >= 11 is 9.22. The molecule has 1 heterocycles. The normalized spacial score (nSPS) is 18.7. The molecular weight excluding hydrogens is 382 g/mol. The van der Waals surface area contributed by atoms with Crippen molar-refractivity contribution in [2.75, 3.05) is 13.1 Å². The van der Waals surface area contributed by atoms with Crippen molar-refractivity contribution >= 4 is 39.4 Å². The molecule has 126 valence electrons. The highest BCUT2D eigenvalue weighted by Crippen LogP contribution is 2.30. The average Bonchev–Trinajstić information content (AvgIpc) is 2.48. The van der Waals surface area contributed by atoms with Gasteiger partial charge in [-0.2, -0.15) is 0 Å². The van der Waals surface area contributed by atoms with E-state index >= 15 is 0 Å². The molecule has 6 heteroatoms. The minimum atomic E-state index is -0.439. The number of piperidine rings is 1. The molecule has 2 rings (SSSR count). The van der Waals surface area contributed by atoms with Gasteiger partial charge >= 0.3 is 5.97 Å². The molecule has 1 atom stereocenters. The number of carbonyl (C=O) groups is 2. The molecule has 1 saturated heterocycles. The summed E-state index contributed by atoms with van der Waals surface area (Å²) in [5.74, 6) is -0.0848. The third-order valence-electron chi connectivity index (χ3n) is 3.79. The van der Waals surface area contributed by atoms with Gasteiger partial charge < -0.3 is 9.64 Å². The van der Waals surface area contributed by atoms with Gasteiger partial charge in [0.15, 0.2) is 0 Å². The first-order valence-corrected chi connectivity index (χ1v) is 8.81. The Bertz CT molecular complexity index is 612. The second-order valence-corrected chi connectivity index (χ2v) is 8.13. The maximum atomic E-state index is 12.4. The number of ether oxygens (including phenoxy) is 1. The van der Waals surface area contributed by atoms with E-state index < -0.39 is 5.41 Å². The zero-order valence-corrected chi connectivity index (χ0v) is 15.9. The zero-order chi connectivity index (χ0) is 17.2. The number of amides is 1. The second kappa shape index (κ2) is 7.22. The van der Waals surface area contributed by atoms with Crippen LogP contribution in [0.25, 0.3) is 0 Å². The summed E-state index contributed by atoms with van der Waals surface area (Å²) in [7, 11) is 0. The number of hydrogen-bond donors (Lipinski definition) is 0. The average molecular weight is 403 g/mol. The van der Waals surface area contributed by atoms with Gasteiger partial charge in [0.25, 0.3) is 0 Å². The van der Waals surface area contributed by atoms with Crippen LogP contribution in [0.1, 0.15) is 33.6 Å². The molecule has 1 aliphatic heterocycles. The molecule has 0 N–H and O–H groups in total. The summed E-state index contributed by atoms with van der Waals surface area (Å²) in [5, 5.41) is 0.566. The molecule has 0 aromatic heterocycles. The van der Waals surface area contributed by atoms with Gasteiger partial charge in [0, 0.05) is 23.5 Å². The van der Waals surface area contributed by atoms with Crippen LogP contribution in [0.4, 0.5) is 0 Å². The van der Waals surface area contributed by atoms with E-state index in [1.54, 1.807) is 23.1 Å². The van der Waals surface area contributed by atoms with Gasteiger partial charge in [-0.3, -0.25) is 9.59 Å². The molecule has 1 aromatic carbocycles. The minimum absolute atomic E-state index is 0.0719. The Hall–Kier alpha value is -1.07. The third kappa shape index (κ3) is 4.70. The van der Waals surface area contributed by atoms with E-state index in [2.05, 4.69) is 15.9 Å². The molecular formula is C17H21BrClNO3. The molecule has 23 heavy (non-hydrogen) atoms. The molecule has 0 bridgehead atoms. The highest BCUT2D eigenvalue weighted by atomic mass is 79.9. The highest BCUT2D eigenvalue weighted by molar-refractivity contribution is 9.10. The Balaban J connectivity index is 2.03. The Labute approximate surface area is 150 Å². The number of esters is 1. The van der Waals surface area contributed by atoms with Crippen LogP contribution in [-0.2, 0) is 9.59 Å². The van der Waals surface area contributed by atoms with E-state index in [0.29, 0.717) is 28.3 Å². The number of halogens is 2. The summed E-state index contributed by atoms with van der Waals surface area (Å²) in [5.41, 5.74) is -0.439. The summed E-state index contributed by atoms with van der Waals surface area (Å²) < 4.78 is 6.11. The lowest BCUT2D eigenvalue weighted by Crippen LogP contribution is -2.47. The lowest BCUT2D eigenvalue weighted by atomic mass is 9.91. The van der Waals surface area contributed by atoms with Crippen LogP contribution >= 0.6 is 27.5 Å². The van der Waals surface area contributed by atoms with Crippen molar-refractivity contribution in [2.24, 2.45) is 11.3 Å². The Morgan fingerprint density at radius 3 is 2.65 bits per heavy atom. The van der Waals surface area contributed by atoms with E-state index in [4.69, 9.17) is 16.3 Å². The van der Waals surface area contributed by atoms with Gasteiger partial charge in [-0.25, -0.2) is 0 Å². The summed E-state index contributed by atoms with van der Waals surface area (Å²) in [4.78, 5) is 26.6. The summed E-state index contributed by atoms with van der Waals surface area (Å²) in [6, 6.07) is 5.01. The topological polar surface area (TPSA) is 46.6 Å². The minimum Gasteiger partial charge on any atom is -0.425 e. The van der Waals surface area contributed by atoms with Crippen LogP contribution in [0.15, 0.2) is 22.7 Å². The summed E-state index contributed by atoms with van der Waals surface area (Å²) in [6.07, 6.45) is 1.54. The molecule has 1 amide bonds. The van der Waals surface area contributed by atoms with Crippen molar-refractivity contribution in [3.63, 3.8) is 0 Å². The van der Waals surface area contributed by atoms with Gasteiger partial charge in [-0.15, -0.1) is 0 Å². The number of carbonyl (C=O) groups excluding carboxylic acids is 2. The number of nitrogens with zero attached hydrogens (tertiary/aromatic N) is 1. The number of benzene rings is 1. The maximum Gasteiger partial charge on any atom is 0.316 e. The van der Waals surface area contributed by atoms with Crippen LogP contribution in [0.2, 0.25) is 5.02 Å². The predicted octanol–water partition coefficient (Wildman–Crippen LogP) is 4.29. The molecule has 4 nitrogen and oxygen atoms in total. The van der Waals surface area contributed by atoms with E-state index in [1.165, 1.54) is 0 Å². The lowest BCUT2D eigenvalue weighted by Gasteiger charge is -2.35. The quantitative estimate of drug-likeness (QED) is 0.547. The predicted molar refractivity (Wildman–Crippen MR) is 93.5 cm³/mol. The Kier molecular flexibility index (Phi) is 5.74. The van der Waals surface area contributed by atoms with E-state index in [-0.39, 0.29) is 17.8 Å². The van der Waals surface area contributed by atoms with Crippen LogP contribution in [0.3, 0.4) is 0 Å². The van der Waals surface area contributed by atoms with Crippen molar-refractivity contribution in [1.82, 2.24) is 4.90 Å². The molecule has 0 radical (unpaired) electrons. The first kappa shape index (κ1) is 18.3. The molecule has 1 fully saturated rings. The maximum absolute atomic E-state index is 12.4. The zero-order valence-electron chi connectivity index (χ0n) is 13.6. The standard InChI is InChI=1S/C17H21BrClNO3/c1-17(2,3)16(22)20-8-4-5-11(10-20)15(21)23-14-7-6-12(19)9-13(14)18/h6-7,9,11H,4-5,8,10H2,1-3H3. The van der Waals surface area contributed by atoms with Crippen LogP contribution in [0, 0.1) is 11.3 Å². The molecule has 1 aromatic rings. The number of rotatable bonds is 2. The number of hydrogen-bond acceptors (Lipinski definition) is 3. The van der Waals surface area contributed by atoms with Gasteiger partial charge in [0.1, 0.15) is 5.75 Å². The molecule has 0 aliphatic carbocycles. The van der Waals surface area contributed by atoms with Gasteiger partial charge in [0.2, 0.25) is 5.91 Å². The molecule has 0 spiro atoms. The first-order chi connectivity index (χ1) is 10.7. The molecule has 1 unspecified atom stereocenters.